The summed E-state index contributed by atoms with van der Waals surface area (Å²) in [6.07, 6.45) is 3.94. The Labute approximate surface area is 126 Å². The van der Waals surface area contributed by atoms with Gasteiger partial charge in [-0.1, -0.05) is 0 Å². The van der Waals surface area contributed by atoms with Crippen LogP contribution in [0.1, 0.15) is 43.7 Å². The van der Waals surface area contributed by atoms with Crippen LogP contribution in [0.5, 0.6) is 11.5 Å². The molecule has 0 fully saturated rings. The zero-order valence-electron chi connectivity index (χ0n) is 13.3. The maximum Gasteiger partial charge on any atom is 0.305 e. The largest absolute Gasteiger partial charge is 0.496 e. The number of carbonyl (C=O) groups is 1. The third kappa shape index (κ3) is 3.69. The second-order valence-electron chi connectivity index (χ2n) is 5.93. The van der Waals surface area contributed by atoms with Crippen molar-refractivity contribution < 1.29 is 19.0 Å². The predicted molar refractivity (Wildman–Crippen MR) is 81.0 cm³/mol. The zero-order valence-corrected chi connectivity index (χ0v) is 13.3. The standard InChI is InChI=1S/C17H24O4/c1-12-10-14(19-3)13-7-9-17(2,21-15(13)11-12)8-5-6-16(18)20-4/h10-11H,5-9H2,1-4H3/t17-/m1/s1. The molecule has 21 heavy (non-hydrogen) atoms. The van der Waals surface area contributed by atoms with Gasteiger partial charge in [0.25, 0.3) is 0 Å². The number of carbonyl (C=O) groups excluding carboxylic acids is 1. The van der Waals surface area contributed by atoms with Gasteiger partial charge in [0.15, 0.2) is 0 Å². The summed E-state index contributed by atoms with van der Waals surface area (Å²) in [6, 6.07) is 4.11. The quantitative estimate of drug-likeness (QED) is 0.780. The SMILES string of the molecule is COC(=O)CCC[C@]1(C)CCc2c(OC)cc(C)cc2O1. The number of ether oxygens (including phenoxy) is 3. The van der Waals surface area contributed by atoms with Gasteiger partial charge in [-0.15, -0.1) is 0 Å². The van der Waals surface area contributed by atoms with E-state index in [2.05, 4.69) is 17.7 Å². The van der Waals surface area contributed by atoms with E-state index in [-0.39, 0.29) is 11.6 Å². The summed E-state index contributed by atoms with van der Waals surface area (Å²) in [7, 11) is 3.12. The van der Waals surface area contributed by atoms with E-state index in [9.17, 15) is 4.79 Å². The molecule has 0 amide bonds. The fraction of sp³-hybridized carbons (Fsp3) is 0.588. The lowest BCUT2D eigenvalue weighted by molar-refractivity contribution is -0.140. The first-order chi connectivity index (χ1) is 9.97. The lowest BCUT2D eigenvalue weighted by atomic mass is 9.87. The highest BCUT2D eigenvalue weighted by atomic mass is 16.5. The molecule has 2 rings (SSSR count). The molecule has 0 aliphatic carbocycles. The number of benzene rings is 1. The smallest absolute Gasteiger partial charge is 0.305 e. The van der Waals surface area contributed by atoms with Crippen LogP contribution >= 0.6 is 0 Å². The molecule has 0 unspecified atom stereocenters. The minimum absolute atomic E-state index is 0.160. The van der Waals surface area contributed by atoms with Gasteiger partial charge in [-0.05, 0) is 57.2 Å². The number of hydrogen-bond acceptors (Lipinski definition) is 4. The molecule has 116 valence electrons. The highest BCUT2D eigenvalue weighted by molar-refractivity contribution is 5.69. The molecular weight excluding hydrogens is 268 g/mol. The minimum Gasteiger partial charge on any atom is -0.496 e. The van der Waals surface area contributed by atoms with Crippen LogP contribution in [-0.2, 0) is 16.0 Å². The molecule has 0 spiro atoms. The van der Waals surface area contributed by atoms with Gasteiger partial charge in [-0.3, -0.25) is 4.79 Å². The van der Waals surface area contributed by atoms with Crippen LogP contribution in [-0.4, -0.2) is 25.8 Å². The summed E-state index contributed by atoms with van der Waals surface area (Å²) in [5.74, 6) is 1.66. The molecule has 4 heteroatoms. The number of fused-ring (bicyclic) bond motifs is 1. The predicted octanol–water partition coefficient (Wildman–Crippen LogP) is 3.43. The molecular formula is C17H24O4. The fourth-order valence-electron chi connectivity index (χ4n) is 2.86. The maximum absolute atomic E-state index is 11.2. The highest BCUT2D eigenvalue weighted by Crippen LogP contribution is 2.41. The van der Waals surface area contributed by atoms with Gasteiger partial charge >= 0.3 is 5.97 Å². The van der Waals surface area contributed by atoms with Crippen LogP contribution in [0.25, 0.3) is 0 Å². The topological polar surface area (TPSA) is 44.8 Å². The summed E-state index contributed by atoms with van der Waals surface area (Å²) in [5.41, 5.74) is 2.05. The van der Waals surface area contributed by atoms with Gasteiger partial charge < -0.3 is 14.2 Å². The minimum atomic E-state index is -0.222. The molecule has 1 aliphatic rings. The number of rotatable bonds is 5. The Morgan fingerprint density at radius 1 is 1.38 bits per heavy atom. The molecule has 0 saturated carbocycles. The molecule has 1 atom stereocenters. The molecule has 0 saturated heterocycles. The second-order valence-corrected chi connectivity index (χ2v) is 5.93. The molecule has 0 radical (unpaired) electrons. The number of aryl methyl sites for hydroxylation is 1. The first-order valence-corrected chi connectivity index (χ1v) is 7.41. The Hall–Kier alpha value is -1.71. The summed E-state index contributed by atoms with van der Waals surface area (Å²) in [6.45, 7) is 4.15. The Bertz CT molecular complexity index is 524. The van der Waals surface area contributed by atoms with Crippen LogP contribution in [0.2, 0.25) is 0 Å². The molecule has 1 aromatic carbocycles. The Balaban J connectivity index is 2.07. The van der Waals surface area contributed by atoms with Crippen LogP contribution in [0, 0.1) is 6.92 Å². The van der Waals surface area contributed by atoms with Gasteiger partial charge in [0.2, 0.25) is 0 Å². The van der Waals surface area contributed by atoms with Crippen molar-refractivity contribution in [3.63, 3.8) is 0 Å². The Morgan fingerprint density at radius 3 is 2.81 bits per heavy atom. The first-order valence-electron chi connectivity index (χ1n) is 7.41. The summed E-state index contributed by atoms with van der Waals surface area (Å²) >= 11 is 0. The van der Waals surface area contributed by atoms with Crippen molar-refractivity contribution in [1.29, 1.82) is 0 Å². The lowest BCUT2D eigenvalue weighted by Crippen LogP contribution is -2.36. The van der Waals surface area contributed by atoms with Crippen LogP contribution in [0.3, 0.4) is 0 Å². The van der Waals surface area contributed by atoms with E-state index in [4.69, 9.17) is 9.47 Å². The van der Waals surface area contributed by atoms with E-state index in [0.717, 1.165) is 48.3 Å². The van der Waals surface area contributed by atoms with E-state index >= 15 is 0 Å². The molecule has 0 N–H and O–H groups in total. The normalized spacial score (nSPS) is 20.4. The zero-order chi connectivity index (χ0) is 15.5. The van der Waals surface area contributed by atoms with E-state index in [1.165, 1.54) is 7.11 Å². The Kier molecular flexibility index (Phi) is 4.76. The first kappa shape index (κ1) is 15.7. The molecule has 0 aromatic heterocycles. The van der Waals surface area contributed by atoms with Gasteiger partial charge in [-0.2, -0.15) is 0 Å². The van der Waals surface area contributed by atoms with Crippen LogP contribution in [0.15, 0.2) is 12.1 Å². The van der Waals surface area contributed by atoms with E-state index in [1.807, 2.05) is 13.0 Å². The number of esters is 1. The van der Waals surface area contributed by atoms with E-state index < -0.39 is 0 Å². The summed E-state index contributed by atoms with van der Waals surface area (Å²) in [4.78, 5) is 11.2. The third-order valence-corrected chi connectivity index (χ3v) is 4.11. The average molecular weight is 292 g/mol. The summed E-state index contributed by atoms with van der Waals surface area (Å²) < 4.78 is 16.4. The van der Waals surface area contributed by atoms with Gasteiger partial charge in [-0.25, -0.2) is 0 Å². The van der Waals surface area contributed by atoms with Crippen LogP contribution < -0.4 is 9.47 Å². The number of hydrogen-bond donors (Lipinski definition) is 0. The maximum atomic E-state index is 11.2. The van der Waals surface area contributed by atoms with Crippen molar-refractivity contribution in [3.8, 4) is 11.5 Å². The average Bonchev–Trinajstić information content (AvgIpc) is 2.45. The highest BCUT2D eigenvalue weighted by Gasteiger charge is 2.32. The van der Waals surface area contributed by atoms with Crippen molar-refractivity contribution >= 4 is 5.97 Å². The Morgan fingerprint density at radius 2 is 2.14 bits per heavy atom. The van der Waals surface area contributed by atoms with Gasteiger partial charge in [0.1, 0.15) is 17.1 Å². The molecule has 0 bridgehead atoms. The van der Waals surface area contributed by atoms with Crippen molar-refractivity contribution in [2.45, 2.75) is 51.6 Å². The van der Waals surface area contributed by atoms with Crippen LogP contribution in [0.4, 0.5) is 0 Å². The van der Waals surface area contributed by atoms with Crippen molar-refractivity contribution in [3.05, 3.63) is 23.3 Å². The van der Waals surface area contributed by atoms with Gasteiger partial charge in [0.05, 0.1) is 14.2 Å². The monoisotopic (exact) mass is 292 g/mol. The van der Waals surface area contributed by atoms with Crippen molar-refractivity contribution in [2.75, 3.05) is 14.2 Å². The van der Waals surface area contributed by atoms with Gasteiger partial charge in [0, 0.05) is 12.0 Å². The molecule has 1 aromatic rings. The third-order valence-electron chi connectivity index (χ3n) is 4.11. The molecule has 1 aliphatic heterocycles. The second kappa shape index (κ2) is 6.37. The molecule has 4 nitrogen and oxygen atoms in total. The number of methoxy groups -OCH3 is 2. The van der Waals surface area contributed by atoms with Crippen molar-refractivity contribution in [1.82, 2.24) is 0 Å². The van der Waals surface area contributed by atoms with E-state index in [0.29, 0.717) is 6.42 Å². The molecule has 1 heterocycles. The fourth-order valence-corrected chi connectivity index (χ4v) is 2.86. The lowest BCUT2D eigenvalue weighted by Gasteiger charge is -2.36. The summed E-state index contributed by atoms with van der Waals surface area (Å²) in [5, 5.41) is 0. The van der Waals surface area contributed by atoms with E-state index in [1.54, 1.807) is 7.11 Å². The van der Waals surface area contributed by atoms with Crippen molar-refractivity contribution in [2.24, 2.45) is 0 Å².